The second kappa shape index (κ2) is 28.9. The molecule has 8 aromatic heterocycles. The highest BCUT2D eigenvalue weighted by Gasteiger charge is 2.10. The van der Waals surface area contributed by atoms with Crippen LogP contribution in [-0.4, -0.2) is 23.3 Å². The largest absolute Gasteiger partial charge is 0.466 e. The predicted octanol–water partition coefficient (Wildman–Crippen LogP) is 19.1. The zero-order valence-corrected chi connectivity index (χ0v) is 56.0. The summed E-state index contributed by atoms with van der Waals surface area (Å²) in [4.78, 5) is 10.1. The van der Waals surface area contributed by atoms with Crippen molar-refractivity contribution in [3.8, 4) is 0 Å². The lowest BCUT2D eigenvalue weighted by Crippen LogP contribution is -1.92. The zero-order chi connectivity index (χ0) is 58.7. The average molecular weight is 1060 g/mol. The summed E-state index contributed by atoms with van der Waals surface area (Å²) in [7, 11) is 8.38. The van der Waals surface area contributed by atoms with Crippen LogP contribution in [0.25, 0.3) is 0 Å². The van der Waals surface area contributed by atoms with Crippen LogP contribution < -0.4 is 0 Å². The number of furan rings is 2. The molecule has 0 aliphatic heterocycles. The second-order valence-corrected chi connectivity index (χ2v) is 24.0. The number of nitrogens with zero attached hydrogens (tertiary/aromatic N) is 5. The fourth-order valence-electron chi connectivity index (χ4n) is 8.42. The molecule has 0 radical (unpaired) electrons. The summed E-state index contributed by atoms with van der Waals surface area (Å²) >= 11 is 3.79. The van der Waals surface area contributed by atoms with E-state index in [1.54, 1.807) is 0 Å². The van der Waals surface area contributed by atoms with Crippen LogP contribution in [0.15, 0.2) is 8.83 Å². The number of rotatable bonds is 0. The Morgan fingerprint density at radius 3 is 0.480 bits per heavy atom. The third-order valence-corrected chi connectivity index (χ3v) is 20.0. The molecular formula is C66H105N5O2S2. The molecule has 0 spiro atoms. The maximum Gasteiger partial charge on any atom is 0.105 e. The first-order valence-electron chi connectivity index (χ1n) is 26.7. The van der Waals surface area contributed by atoms with Gasteiger partial charge in [-0.1, -0.05) is 0 Å². The highest BCUT2D eigenvalue weighted by atomic mass is 32.1. The lowest BCUT2D eigenvalue weighted by Gasteiger charge is -1.98. The Morgan fingerprint density at radius 2 is 0.427 bits per heavy atom. The normalized spacial score (nSPS) is 10.3. The molecule has 0 saturated heterocycles. The average Bonchev–Trinajstić information content (AvgIpc) is 4.11. The molecule has 0 aliphatic carbocycles. The molecule has 75 heavy (non-hydrogen) atoms. The van der Waals surface area contributed by atoms with Crippen LogP contribution in [-0.2, 0) is 28.2 Å². The number of thiophene rings is 2. The van der Waals surface area contributed by atoms with Gasteiger partial charge in [0.25, 0.3) is 0 Å². The van der Waals surface area contributed by atoms with Gasteiger partial charge in [-0.25, -0.2) is 4.98 Å². The predicted molar refractivity (Wildman–Crippen MR) is 332 cm³/mol. The van der Waals surface area contributed by atoms with Crippen molar-refractivity contribution < 1.29 is 8.83 Å². The van der Waals surface area contributed by atoms with E-state index in [0.29, 0.717) is 0 Å². The second-order valence-electron chi connectivity index (χ2n) is 21.2. The Labute approximate surface area is 466 Å². The molecule has 8 heterocycles. The van der Waals surface area contributed by atoms with Gasteiger partial charge in [0.2, 0.25) is 0 Å². The lowest BCUT2D eigenvalue weighted by molar-refractivity contribution is 0.500. The number of hydrogen-bond acceptors (Lipinski definition) is 5. The summed E-state index contributed by atoms with van der Waals surface area (Å²) in [5, 5.41) is 0. The minimum Gasteiger partial charge on any atom is -0.466 e. The van der Waals surface area contributed by atoms with Crippen LogP contribution >= 0.6 is 22.7 Å². The number of imidazole rings is 1. The SMILES string of the molecule is Cc1c(C)c(C)n(C)c1C.Cc1c(C)c(C)n(C)c1C.Cc1c(C)c(C)n(C)c1C.Cc1nc(C)n(C)c1C.Cc1oc(C)c(C)c1C.Cc1oc(C)c(C)c1C.Cc1sc(C)c(C)c1C.Cc1sc(C)c(C)c1C. The van der Waals surface area contributed by atoms with E-state index in [1.165, 1.54) is 137 Å². The molecule has 8 rings (SSSR count). The van der Waals surface area contributed by atoms with Gasteiger partial charge in [-0.15, -0.1) is 22.7 Å². The number of aryl methyl sites for hydroxylation is 10. The van der Waals surface area contributed by atoms with E-state index in [1.807, 2.05) is 71.3 Å². The summed E-state index contributed by atoms with van der Waals surface area (Å²) in [6.45, 7) is 66.0. The number of hydrogen-bond donors (Lipinski definition) is 0. The molecule has 0 bridgehead atoms. The monoisotopic (exact) mass is 1060 g/mol. The third kappa shape index (κ3) is 17.0. The van der Waals surface area contributed by atoms with Gasteiger partial charge in [-0.3, -0.25) is 0 Å². The fourth-order valence-corrected chi connectivity index (χ4v) is 10.6. The maximum absolute atomic E-state index is 5.34. The van der Waals surface area contributed by atoms with Crippen LogP contribution in [0.5, 0.6) is 0 Å². The molecule has 0 atom stereocenters. The van der Waals surface area contributed by atoms with Crippen molar-refractivity contribution in [2.24, 2.45) is 28.2 Å². The molecule has 0 fully saturated rings. The van der Waals surface area contributed by atoms with Gasteiger partial charge >= 0.3 is 0 Å². The zero-order valence-electron chi connectivity index (χ0n) is 54.4. The smallest absolute Gasteiger partial charge is 0.105 e. The van der Waals surface area contributed by atoms with Crippen molar-refractivity contribution in [3.05, 3.63) is 172 Å². The van der Waals surface area contributed by atoms with Crippen LogP contribution in [0.3, 0.4) is 0 Å². The Kier molecular flexibility index (Phi) is 26.3. The fraction of sp³-hybridized carbons (Fsp3) is 0.530. The summed E-state index contributed by atoms with van der Waals surface area (Å²) in [5.41, 5.74) is 30.3. The molecule has 418 valence electrons. The van der Waals surface area contributed by atoms with E-state index in [2.05, 4.69) is 217 Å². The highest BCUT2D eigenvalue weighted by Crippen LogP contribution is 2.27. The first-order valence-corrected chi connectivity index (χ1v) is 28.3. The van der Waals surface area contributed by atoms with Gasteiger partial charge < -0.3 is 27.1 Å². The summed E-state index contributed by atoms with van der Waals surface area (Å²) in [6, 6.07) is 0. The van der Waals surface area contributed by atoms with E-state index in [0.717, 1.165) is 34.6 Å². The minimum atomic E-state index is 1.05. The first-order chi connectivity index (χ1) is 34.3. The van der Waals surface area contributed by atoms with Crippen molar-refractivity contribution in [1.29, 1.82) is 0 Å². The molecule has 0 saturated carbocycles. The topological polar surface area (TPSA) is 58.9 Å². The van der Waals surface area contributed by atoms with Crippen LogP contribution in [0.4, 0.5) is 0 Å². The third-order valence-electron chi connectivity index (χ3n) is 17.5. The molecule has 0 aromatic carbocycles. The van der Waals surface area contributed by atoms with Crippen molar-refractivity contribution in [1.82, 2.24) is 23.3 Å². The van der Waals surface area contributed by atoms with E-state index < -0.39 is 0 Å². The van der Waals surface area contributed by atoms with Gasteiger partial charge in [0.15, 0.2) is 0 Å². The molecular weight excluding hydrogens is 959 g/mol. The highest BCUT2D eigenvalue weighted by molar-refractivity contribution is 7.12. The Bertz CT molecular complexity index is 2370. The summed E-state index contributed by atoms with van der Waals surface area (Å²) in [6.07, 6.45) is 0. The van der Waals surface area contributed by atoms with Crippen molar-refractivity contribution in [2.75, 3.05) is 0 Å². The molecule has 7 nitrogen and oxygen atoms in total. The first kappa shape index (κ1) is 68.0. The molecule has 0 unspecified atom stereocenters. The van der Waals surface area contributed by atoms with Crippen LogP contribution in [0.2, 0.25) is 0 Å². The summed E-state index contributed by atoms with van der Waals surface area (Å²) < 4.78 is 19.5. The van der Waals surface area contributed by atoms with Gasteiger partial charge in [-0.05, 0) is 293 Å². The Balaban J connectivity index is 0.000000429. The van der Waals surface area contributed by atoms with Crippen LogP contribution in [0, 0.1) is 215 Å². The molecule has 9 heteroatoms. The van der Waals surface area contributed by atoms with Gasteiger partial charge in [0.05, 0.1) is 5.69 Å². The molecule has 8 aromatic rings. The van der Waals surface area contributed by atoms with Gasteiger partial charge in [-0.2, -0.15) is 0 Å². The van der Waals surface area contributed by atoms with E-state index >= 15 is 0 Å². The maximum atomic E-state index is 5.34. The molecule has 0 aliphatic rings. The van der Waals surface area contributed by atoms with Crippen molar-refractivity contribution >= 4 is 22.7 Å². The van der Waals surface area contributed by atoms with E-state index in [4.69, 9.17) is 8.83 Å². The standard InChI is InChI=1S/3C9H15N.2C8H12O.2C8H12S.C7H12N2/c3*1-6-7(2)9(4)10(5)8(6)3;4*1-5-6(2)8(4)9-7(5)3;1-5-6(2)9(4)7(3)8-5/h3*1-5H3;5*1-4H3. The van der Waals surface area contributed by atoms with E-state index in [-0.39, 0.29) is 0 Å². The summed E-state index contributed by atoms with van der Waals surface area (Å²) in [5.74, 6) is 5.27. The van der Waals surface area contributed by atoms with E-state index in [9.17, 15) is 0 Å². The quantitative estimate of drug-likeness (QED) is 0.152. The molecule has 0 N–H and O–H groups in total. The van der Waals surface area contributed by atoms with Crippen molar-refractivity contribution in [3.63, 3.8) is 0 Å². The Morgan fingerprint density at radius 1 is 0.240 bits per heavy atom. The molecule has 0 amide bonds. The van der Waals surface area contributed by atoms with Crippen LogP contribution in [0.1, 0.15) is 172 Å². The van der Waals surface area contributed by atoms with Gasteiger partial charge in [0.1, 0.15) is 28.9 Å². The van der Waals surface area contributed by atoms with Gasteiger partial charge in [0, 0.05) is 87.6 Å². The Hall–Kier alpha value is -4.99. The lowest BCUT2D eigenvalue weighted by atomic mass is 10.2. The van der Waals surface area contributed by atoms with Crippen molar-refractivity contribution in [2.45, 2.75) is 215 Å². The number of aromatic nitrogens is 5. The minimum absolute atomic E-state index is 1.05.